The summed E-state index contributed by atoms with van der Waals surface area (Å²) in [5.74, 6) is -0.244. The van der Waals surface area contributed by atoms with E-state index in [0.717, 1.165) is 15.9 Å². The van der Waals surface area contributed by atoms with Crippen LogP contribution >= 0.6 is 47.1 Å². The molecule has 0 saturated carbocycles. The molecular formula is C19H15N3O2S4. The molecule has 9 heteroatoms. The van der Waals surface area contributed by atoms with Crippen molar-refractivity contribution in [2.45, 2.75) is 11.6 Å². The van der Waals surface area contributed by atoms with Gasteiger partial charge in [0.15, 0.2) is 5.16 Å². The minimum absolute atomic E-state index is 0.102. The van der Waals surface area contributed by atoms with Crippen molar-refractivity contribution in [3.63, 3.8) is 0 Å². The average Bonchev–Trinajstić information content (AvgIpc) is 3.39. The van der Waals surface area contributed by atoms with Crippen LogP contribution in [0.4, 0.5) is 0 Å². The van der Waals surface area contributed by atoms with Crippen molar-refractivity contribution in [2.75, 3.05) is 12.8 Å². The minimum Gasteiger partial charge on any atom is -0.292 e. The molecule has 1 fully saturated rings. The molecular weight excluding hydrogens is 430 g/mol. The number of thiophene rings is 1. The van der Waals surface area contributed by atoms with Gasteiger partial charge in [-0.05, 0) is 35.9 Å². The molecule has 0 N–H and O–H groups in total. The molecule has 0 bridgehead atoms. The molecule has 0 spiro atoms. The van der Waals surface area contributed by atoms with Crippen LogP contribution in [-0.4, -0.2) is 43.4 Å². The number of imidazole rings is 1. The number of hydrogen-bond acceptors (Lipinski definition) is 7. The first kappa shape index (κ1) is 19.4. The predicted molar refractivity (Wildman–Crippen MR) is 121 cm³/mol. The number of benzene rings is 1. The van der Waals surface area contributed by atoms with E-state index in [4.69, 9.17) is 12.2 Å². The van der Waals surface area contributed by atoms with Gasteiger partial charge in [-0.2, -0.15) is 0 Å². The lowest BCUT2D eigenvalue weighted by Crippen LogP contribution is -2.31. The molecule has 5 nitrogen and oxygen atoms in total. The highest BCUT2D eigenvalue weighted by Gasteiger charge is 2.32. The zero-order chi connectivity index (χ0) is 19.7. The molecule has 1 aromatic carbocycles. The number of thioether (sulfide) groups is 2. The number of nitrogens with zero attached hydrogens (tertiary/aromatic N) is 3. The van der Waals surface area contributed by atoms with E-state index >= 15 is 0 Å². The second-order valence-corrected chi connectivity index (χ2v) is 9.34. The number of thiocarbonyl (C=S) groups is 1. The Morgan fingerprint density at radius 2 is 2.11 bits per heavy atom. The number of carbonyl (C=O) groups excluding carboxylic acids is 2. The topological polar surface area (TPSA) is 55.2 Å². The number of para-hydroxylation sites is 2. The van der Waals surface area contributed by atoms with Crippen molar-refractivity contribution < 1.29 is 9.59 Å². The highest BCUT2D eigenvalue weighted by molar-refractivity contribution is 8.26. The minimum atomic E-state index is -0.142. The molecule has 28 heavy (non-hydrogen) atoms. The van der Waals surface area contributed by atoms with Crippen LogP contribution in [0.5, 0.6) is 0 Å². The molecule has 1 aliphatic rings. The summed E-state index contributed by atoms with van der Waals surface area (Å²) in [6.07, 6.45) is 3.91. The number of amides is 1. The van der Waals surface area contributed by atoms with E-state index in [1.807, 2.05) is 54.1 Å². The van der Waals surface area contributed by atoms with Gasteiger partial charge in [-0.15, -0.1) is 11.3 Å². The quantitative estimate of drug-likeness (QED) is 0.321. The summed E-state index contributed by atoms with van der Waals surface area (Å²) in [4.78, 5) is 33.2. The first-order valence-electron chi connectivity index (χ1n) is 8.42. The number of aromatic nitrogens is 2. The number of carbonyl (C=O) groups is 2. The number of fused-ring (bicyclic) bond motifs is 1. The fraction of sp³-hybridized carbons (Fsp3) is 0.158. The molecule has 0 atom stereocenters. The maximum absolute atomic E-state index is 12.9. The SMILES string of the molecule is CSc1nc2ccccc2n1C(=O)CCN1C(=O)C(=Cc2cccs2)SC1=S. The van der Waals surface area contributed by atoms with Gasteiger partial charge in [-0.1, -0.05) is 53.9 Å². The van der Waals surface area contributed by atoms with Gasteiger partial charge in [-0.3, -0.25) is 19.1 Å². The lowest BCUT2D eigenvalue weighted by molar-refractivity contribution is -0.122. The monoisotopic (exact) mass is 445 g/mol. The smallest absolute Gasteiger partial charge is 0.266 e. The number of rotatable bonds is 5. The molecule has 142 valence electrons. The van der Waals surface area contributed by atoms with E-state index in [-0.39, 0.29) is 24.8 Å². The van der Waals surface area contributed by atoms with Crippen LogP contribution in [0.1, 0.15) is 16.1 Å². The predicted octanol–water partition coefficient (Wildman–Crippen LogP) is 4.75. The molecule has 1 saturated heterocycles. The Kier molecular flexibility index (Phi) is 5.68. The van der Waals surface area contributed by atoms with E-state index in [1.54, 1.807) is 15.9 Å². The molecule has 1 amide bonds. The summed E-state index contributed by atoms with van der Waals surface area (Å²) < 4.78 is 2.11. The molecule has 3 heterocycles. The number of hydrogen-bond donors (Lipinski definition) is 0. The summed E-state index contributed by atoms with van der Waals surface area (Å²) >= 11 is 9.63. The molecule has 0 aliphatic carbocycles. The Hall–Kier alpha value is -1.94. The Morgan fingerprint density at radius 3 is 2.86 bits per heavy atom. The first-order chi connectivity index (χ1) is 13.6. The first-order valence-corrected chi connectivity index (χ1v) is 11.7. The summed E-state index contributed by atoms with van der Waals surface area (Å²) in [7, 11) is 0. The Labute approximate surface area is 179 Å². The second kappa shape index (κ2) is 8.20. The van der Waals surface area contributed by atoms with Gasteiger partial charge in [0.05, 0.1) is 15.9 Å². The third-order valence-corrected chi connectivity index (χ3v) is 7.04. The van der Waals surface area contributed by atoms with Gasteiger partial charge in [0, 0.05) is 17.8 Å². The van der Waals surface area contributed by atoms with Gasteiger partial charge in [-0.25, -0.2) is 4.98 Å². The Morgan fingerprint density at radius 1 is 1.29 bits per heavy atom. The van der Waals surface area contributed by atoms with Crippen molar-refractivity contribution in [2.24, 2.45) is 0 Å². The fourth-order valence-corrected chi connectivity index (χ4v) is 5.50. The van der Waals surface area contributed by atoms with Gasteiger partial charge >= 0.3 is 0 Å². The molecule has 0 radical (unpaired) electrons. The van der Waals surface area contributed by atoms with Crippen LogP contribution in [0.15, 0.2) is 51.8 Å². The van der Waals surface area contributed by atoms with E-state index in [9.17, 15) is 9.59 Å². The van der Waals surface area contributed by atoms with Crippen molar-refractivity contribution >= 4 is 80.3 Å². The zero-order valence-electron chi connectivity index (χ0n) is 14.8. The van der Waals surface area contributed by atoms with Crippen LogP contribution in [0.2, 0.25) is 0 Å². The van der Waals surface area contributed by atoms with Gasteiger partial charge in [0.2, 0.25) is 5.91 Å². The van der Waals surface area contributed by atoms with Crippen molar-refractivity contribution in [3.8, 4) is 0 Å². The Balaban J connectivity index is 1.51. The highest BCUT2D eigenvalue weighted by atomic mass is 32.2. The largest absolute Gasteiger partial charge is 0.292 e. The van der Waals surface area contributed by atoms with Crippen molar-refractivity contribution in [1.82, 2.24) is 14.5 Å². The fourth-order valence-electron chi connectivity index (χ4n) is 2.90. The lowest BCUT2D eigenvalue weighted by Gasteiger charge is -2.14. The van der Waals surface area contributed by atoms with Crippen LogP contribution in [0.3, 0.4) is 0 Å². The summed E-state index contributed by atoms with van der Waals surface area (Å²) in [5, 5.41) is 2.61. The van der Waals surface area contributed by atoms with E-state index in [0.29, 0.717) is 14.4 Å². The van der Waals surface area contributed by atoms with Crippen LogP contribution < -0.4 is 0 Å². The third-order valence-electron chi connectivity index (χ3n) is 4.20. The van der Waals surface area contributed by atoms with E-state index in [2.05, 4.69) is 4.98 Å². The van der Waals surface area contributed by atoms with Gasteiger partial charge in [0.25, 0.3) is 5.91 Å². The maximum atomic E-state index is 12.9. The maximum Gasteiger partial charge on any atom is 0.266 e. The molecule has 0 unspecified atom stereocenters. The van der Waals surface area contributed by atoms with E-state index in [1.165, 1.54) is 28.4 Å². The lowest BCUT2D eigenvalue weighted by atomic mass is 10.3. The third kappa shape index (κ3) is 3.67. The van der Waals surface area contributed by atoms with E-state index < -0.39 is 0 Å². The normalized spacial score (nSPS) is 15.9. The van der Waals surface area contributed by atoms with Gasteiger partial charge in [0.1, 0.15) is 4.32 Å². The highest BCUT2D eigenvalue weighted by Crippen LogP contribution is 2.33. The molecule has 2 aromatic heterocycles. The van der Waals surface area contributed by atoms with Crippen molar-refractivity contribution in [1.29, 1.82) is 0 Å². The summed E-state index contributed by atoms with van der Waals surface area (Å²) in [6, 6.07) is 11.4. The molecule has 3 aromatic rings. The van der Waals surface area contributed by atoms with Crippen LogP contribution in [0, 0.1) is 0 Å². The van der Waals surface area contributed by atoms with Crippen LogP contribution in [0.25, 0.3) is 17.1 Å². The summed E-state index contributed by atoms with van der Waals surface area (Å²) in [6.45, 7) is 0.256. The summed E-state index contributed by atoms with van der Waals surface area (Å²) in [5.41, 5.74) is 1.56. The van der Waals surface area contributed by atoms with Gasteiger partial charge < -0.3 is 0 Å². The van der Waals surface area contributed by atoms with Crippen LogP contribution in [-0.2, 0) is 4.79 Å². The molecule has 1 aliphatic heterocycles. The second-order valence-electron chi connectivity index (χ2n) is 5.92. The standard InChI is InChI=1S/C19H15N3O2S4/c1-26-18-20-13-6-2-3-7-14(13)22(18)16(23)8-9-21-17(24)15(28-19(21)25)11-12-5-4-10-27-12/h2-7,10-11H,8-9H2,1H3. The Bertz CT molecular complexity index is 1100. The van der Waals surface area contributed by atoms with Crippen molar-refractivity contribution in [3.05, 3.63) is 51.6 Å². The molecule has 4 rings (SSSR count). The average molecular weight is 446 g/mol. The zero-order valence-corrected chi connectivity index (χ0v) is 18.1.